The van der Waals surface area contributed by atoms with Gasteiger partial charge in [-0.2, -0.15) is 0 Å². The van der Waals surface area contributed by atoms with Gasteiger partial charge in [-0.3, -0.25) is 0 Å². The van der Waals surface area contributed by atoms with Crippen molar-refractivity contribution in [3.8, 4) is 0 Å². The molecule has 0 radical (unpaired) electrons. The van der Waals surface area contributed by atoms with Gasteiger partial charge in [-0.1, -0.05) is 96.6 Å². The summed E-state index contributed by atoms with van der Waals surface area (Å²) in [6.07, 6.45) is 14.7. The highest BCUT2D eigenvalue weighted by molar-refractivity contribution is 6.00. The van der Waals surface area contributed by atoms with Gasteiger partial charge in [0.2, 0.25) is 0 Å². The zero-order valence-electron chi connectivity index (χ0n) is 17.4. The Kier molecular flexibility index (Phi) is 3.99. The van der Waals surface area contributed by atoms with Crippen molar-refractivity contribution in [2.24, 2.45) is 0 Å². The summed E-state index contributed by atoms with van der Waals surface area (Å²) < 4.78 is 0. The molecule has 142 valence electrons. The van der Waals surface area contributed by atoms with Crippen molar-refractivity contribution in [2.75, 3.05) is 0 Å². The average Bonchev–Trinajstić information content (AvgIpc) is 2.97. The molecular formula is C29H26. The van der Waals surface area contributed by atoms with Crippen LogP contribution in [0.5, 0.6) is 0 Å². The average molecular weight is 375 g/mol. The lowest BCUT2D eigenvalue weighted by molar-refractivity contribution is 0.775. The molecule has 3 aliphatic carbocycles. The summed E-state index contributed by atoms with van der Waals surface area (Å²) in [5, 5.41) is 0. The maximum Gasteiger partial charge on any atom is 0.0725 e. The Morgan fingerprint density at radius 2 is 1.76 bits per heavy atom. The lowest BCUT2D eigenvalue weighted by atomic mass is 9.68. The molecule has 2 aromatic rings. The van der Waals surface area contributed by atoms with E-state index < -0.39 is 0 Å². The van der Waals surface area contributed by atoms with Crippen molar-refractivity contribution in [1.82, 2.24) is 0 Å². The molecule has 0 amide bonds. The van der Waals surface area contributed by atoms with Gasteiger partial charge >= 0.3 is 0 Å². The summed E-state index contributed by atoms with van der Waals surface area (Å²) in [5.74, 6) is 0. The van der Waals surface area contributed by atoms with Crippen LogP contribution in [0.2, 0.25) is 0 Å². The maximum atomic E-state index is 4.21. The van der Waals surface area contributed by atoms with Gasteiger partial charge in [-0.15, -0.1) is 0 Å². The van der Waals surface area contributed by atoms with E-state index in [0.717, 1.165) is 6.42 Å². The quantitative estimate of drug-likeness (QED) is 0.511. The standard InChI is InChI=1S/C29H26/c1-5-21-22-12-9-10-14-25(22)29(27(21)17-19(2)3)26-13-8-6-7-11-23(26)24-16-15-20(4)18-28(24)29/h5,7-18H,1,6H2,2-4H3. The van der Waals surface area contributed by atoms with Gasteiger partial charge in [0.05, 0.1) is 5.41 Å². The second kappa shape index (κ2) is 6.46. The highest BCUT2D eigenvalue weighted by atomic mass is 14.5. The molecule has 0 fully saturated rings. The van der Waals surface area contributed by atoms with Crippen LogP contribution < -0.4 is 0 Å². The second-order valence-electron chi connectivity index (χ2n) is 8.47. The normalized spacial score (nSPS) is 21.2. The third kappa shape index (κ3) is 2.32. The molecule has 3 aliphatic rings. The molecule has 0 aromatic heterocycles. The van der Waals surface area contributed by atoms with Gasteiger partial charge in [0.15, 0.2) is 0 Å². The van der Waals surface area contributed by atoms with Crippen LogP contribution in [0.25, 0.3) is 11.1 Å². The predicted octanol–water partition coefficient (Wildman–Crippen LogP) is 7.48. The Labute approximate surface area is 174 Å². The van der Waals surface area contributed by atoms with Crippen LogP contribution in [-0.2, 0) is 5.41 Å². The van der Waals surface area contributed by atoms with Crippen LogP contribution in [0.4, 0.5) is 0 Å². The second-order valence-corrected chi connectivity index (χ2v) is 8.47. The molecule has 1 atom stereocenters. The molecule has 1 spiro atoms. The van der Waals surface area contributed by atoms with Crippen LogP contribution in [0.1, 0.15) is 48.1 Å². The molecule has 0 aliphatic heterocycles. The first-order valence-corrected chi connectivity index (χ1v) is 10.4. The Balaban J connectivity index is 2.02. The summed E-state index contributed by atoms with van der Waals surface area (Å²) in [6.45, 7) is 10.8. The SMILES string of the molecule is C=CC1=C(C=C(C)C)C2(C3=C(C=CCC=C3)c3ccc(C)cc32)c2ccccc21. The zero-order valence-corrected chi connectivity index (χ0v) is 17.4. The highest BCUT2D eigenvalue weighted by Gasteiger charge is 2.52. The van der Waals surface area contributed by atoms with Crippen molar-refractivity contribution >= 4 is 11.1 Å². The third-order valence-electron chi connectivity index (χ3n) is 6.36. The Hall–Kier alpha value is -3.12. The zero-order chi connectivity index (χ0) is 20.2. The van der Waals surface area contributed by atoms with Crippen molar-refractivity contribution in [2.45, 2.75) is 32.6 Å². The fourth-order valence-electron chi connectivity index (χ4n) is 5.35. The first-order chi connectivity index (χ1) is 14.1. The largest absolute Gasteiger partial charge is 0.0984 e. The molecule has 0 heteroatoms. The van der Waals surface area contributed by atoms with Crippen LogP contribution >= 0.6 is 0 Å². The van der Waals surface area contributed by atoms with E-state index in [1.807, 2.05) is 6.08 Å². The molecule has 0 N–H and O–H groups in total. The minimum Gasteiger partial charge on any atom is -0.0984 e. The van der Waals surface area contributed by atoms with E-state index in [4.69, 9.17) is 0 Å². The topological polar surface area (TPSA) is 0 Å². The van der Waals surface area contributed by atoms with Gasteiger partial charge in [0, 0.05) is 0 Å². The molecule has 0 saturated carbocycles. The maximum absolute atomic E-state index is 4.21. The van der Waals surface area contributed by atoms with Gasteiger partial charge in [-0.05, 0) is 71.7 Å². The number of fused-ring (bicyclic) bond motifs is 6. The number of aryl methyl sites for hydroxylation is 1. The van der Waals surface area contributed by atoms with E-state index >= 15 is 0 Å². The number of benzene rings is 2. The van der Waals surface area contributed by atoms with Gasteiger partial charge in [0.1, 0.15) is 0 Å². The van der Waals surface area contributed by atoms with Crippen molar-refractivity contribution in [1.29, 1.82) is 0 Å². The number of hydrogen-bond acceptors (Lipinski definition) is 0. The smallest absolute Gasteiger partial charge is 0.0725 e. The first kappa shape index (κ1) is 17.9. The minimum atomic E-state index is -0.279. The van der Waals surface area contributed by atoms with E-state index in [2.05, 4.69) is 100 Å². The number of rotatable bonds is 2. The number of hydrogen-bond donors (Lipinski definition) is 0. The van der Waals surface area contributed by atoms with E-state index in [9.17, 15) is 0 Å². The van der Waals surface area contributed by atoms with Crippen molar-refractivity contribution in [3.05, 3.63) is 130 Å². The Bertz CT molecular complexity index is 1200. The molecule has 2 aromatic carbocycles. The summed E-state index contributed by atoms with van der Waals surface area (Å²) in [7, 11) is 0. The van der Waals surface area contributed by atoms with Crippen LogP contribution in [0, 0.1) is 6.92 Å². The molecule has 0 heterocycles. The Morgan fingerprint density at radius 1 is 0.966 bits per heavy atom. The van der Waals surface area contributed by atoms with E-state index in [0.29, 0.717) is 0 Å². The number of allylic oxidation sites excluding steroid dienone is 11. The van der Waals surface area contributed by atoms with Gasteiger partial charge in [0.25, 0.3) is 0 Å². The van der Waals surface area contributed by atoms with Gasteiger partial charge < -0.3 is 0 Å². The summed E-state index contributed by atoms with van der Waals surface area (Å²) in [4.78, 5) is 0. The highest BCUT2D eigenvalue weighted by Crippen LogP contribution is 2.62. The van der Waals surface area contributed by atoms with Gasteiger partial charge in [-0.25, -0.2) is 0 Å². The minimum absolute atomic E-state index is 0.279. The van der Waals surface area contributed by atoms with E-state index in [1.54, 1.807) is 0 Å². The van der Waals surface area contributed by atoms with Crippen molar-refractivity contribution in [3.63, 3.8) is 0 Å². The molecule has 0 saturated heterocycles. The summed E-state index contributed by atoms with van der Waals surface area (Å²) in [6, 6.07) is 15.8. The molecular weight excluding hydrogens is 348 g/mol. The van der Waals surface area contributed by atoms with Crippen LogP contribution in [0.15, 0.2) is 102 Å². The monoisotopic (exact) mass is 374 g/mol. The molecule has 29 heavy (non-hydrogen) atoms. The van der Waals surface area contributed by atoms with E-state index in [-0.39, 0.29) is 5.41 Å². The molecule has 5 rings (SSSR count). The summed E-state index contributed by atoms with van der Waals surface area (Å²) >= 11 is 0. The fourth-order valence-corrected chi connectivity index (χ4v) is 5.35. The third-order valence-corrected chi connectivity index (χ3v) is 6.36. The molecule has 0 nitrogen and oxygen atoms in total. The molecule has 0 bridgehead atoms. The fraction of sp³-hybridized carbons (Fsp3) is 0.172. The van der Waals surface area contributed by atoms with Crippen LogP contribution in [-0.4, -0.2) is 0 Å². The predicted molar refractivity (Wildman–Crippen MR) is 125 cm³/mol. The lowest BCUT2D eigenvalue weighted by Gasteiger charge is -2.33. The first-order valence-electron chi connectivity index (χ1n) is 10.4. The Morgan fingerprint density at radius 3 is 2.55 bits per heavy atom. The van der Waals surface area contributed by atoms with E-state index in [1.165, 1.54) is 55.7 Å². The van der Waals surface area contributed by atoms with Crippen LogP contribution in [0.3, 0.4) is 0 Å². The molecule has 1 unspecified atom stereocenters. The lowest BCUT2D eigenvalue weighted by Crippen LogP contribution is -2.28. The van der Waals surface area contributed by atoms with Crippen molar-refractivity contribution < 1.29 is 0 Å². The summed E-state index contributed by atoms with van der Waals surface area (Å²) in [5.41, 5.74) is 13.1.